The van der Waals surface area contributed by atoms with Crippen LogP contribution in [0.3, 0.4) is 0 Å². The molecule has 0 bridgehead atoms. The number of nitro benzene ring substituents is 1. The molecule has 186 valence electrons. The number of hydrogen-bond acceptors (Lipinski definition) is 7. The van der Waals surface area contributed by atoms with Crippen molar-refractivity contribution in [3.63, 3.8) is 0 Å². The molecule has 2 aromatic carbocycles. The summed E-state index contributed by atoms with van der Waals surface area (Å²) in [5, 5.41) is 16.1. The smallest absolute Gasteiger partial charge is 0.313 e. The molecule has 10 nitrogen and oxygen atoms in total. The van der Waals surface area contributed by atoms with E-state index in [4.69, 9.17) is 0 Å². The molecule has 2 N–H and O–H groups in total. The van der Waals surface area contributed by atoms with Crippen LogP contribution >= 0.6 is 0 Å². The second kappa shape index (κ2) is 12.0. The molecule has 1 aliphatic heterocycles. The van der Waals surface area contributed by atoms with Crippen LogP contribution in [0.2, 0.25) is 0 Å². The lowest BCUT2D eigenvalue weighted by atomic mass is 10.1. The fraction of sp³-hybridized carbons (Fsp3) is 0.269. The van der Waals surface area contributed by atoms with Crippen LogP contribution in [0.25, 0.3) is 0 Å². The second-order valence-electron chi connectivity index (χ2n) is 8.57. The molecular weight excluding hydrogens is 460 g/mol. The number of nitro groups is 1. The van der Waals surface area contributed by atoms with Crippen LogP contribution < -0.4 is 10.6 Å². The van der Waals surface area contributed by atoms with Gasteiger partial charge in [-0.25, -0.2) is 0 Å². The number of piperazine rings is 1. The van der Waals surface area contributed by atoms with Crippen molar-refractivity contribution < 1.29 is 14.5 Å². The number of aromatic nitrogens is 1. The number of amides is 2. The summed E-state index contributed by atoms with van der Waals surface area (Å²) in [5.41, 5.74) is 2.24. The van der Waals surface area contributed by atoms with Gasteiger partial charge in [0.25, 0.3) is 5.69 Å². The fourth-order valence-electron chi connectivity index (χ4n) is 4.26. The molecule has 0 saturated carbocycles. The van der Waals surface area contributed by atoms with E-state index in [-0.39, 0.29) is 24.0 Å². The van der Waals surface area contributed by atoms with Crippen LogP contribution in [0.15, 0.2) is 79.1 Å². The molecule has 1 saturated heterocycles. The molecule has 1 aromatic heterocycles. The molecule has 3 aromatic rings. The van der Waals surface area contributed by atoms with Gasteiger partial charge in [0.1, 0.15) is 0 Å². The Morgan fingerprint density at radius 3 is 2.44 bits per heavy atom. The minimum atomic E-state index is -0.881. The monoisotopic (exact) mass is 488 g/mol. The van der Waals surface area contributed by atoms with E-state index in [0.29, 0.717) is 0 Å². The molecule has 1 aliphatic rings. The van der Waals surface area contributed by atoms with Gasteiger partial charge in [0.15, 0.2) is 0 Å². The number of benzene rings is 2. The van der Waals surface area contributed by atoms with Crippen LogP contribution in [0.4, 0.5) is 11.4 Å². The van der Waals surface area contributed by atoms with E-state index >= 15 is 0 Å². The maximum Gasteiger partial charge on any atom is 0.313 e. The summed E-state index contributed by atoms with van der Waals surface area (Å²) in [4.78, 5) is 44.3. The largest absolute Gasteiger partial charge is 0.346 e. The summed E-state index contributed by atoms with van der Waals surface area (Å²) >= 11 is 0. The number of nitrogens with one attached hydrogen (secondary N) is 2. The summed E-state index contributed by atoms with van der Waals surface area (Å²) in [7, 11) is 0. The third-order valence-electron chi connectivity index (χ3n) is 6.14. The summed E-state index contributed by atoms with van der Waals surface area (Å²) < 4.78 is 0. The number of anilines is 1. The first-order valence-corrected chi connectivity index (χ1v) is 11.7. The minimum absolute atomic E-state index is 0.146. The number of carbonyl (C=O) groups is 2. The fourth-order valence-corrected chi connectivity index (χ4v) is 4.26. The van der Waals surface area contributed by atoms with Crippen LogP contribution in [0.1, 0.15) is 17.2 Å². The van der Waals surface area contributed by atoms with Crippen molar-refractivity contribution in [1.29, 1.82) is 0 Å². The highest BCUT2D eigenvalue weighted by molar-refractivity contribution is 6.39. The first-order chi connectivity index (χ1) is 17.5. The molecule has 0 spiro atoms. The Balaban J connectivity index is 1.35. The molecule has 0 radical (unpaired) electrons. The number of carbonyl (C=O) groups excluding carboxylic acids is 2. The number of hydrogen-bond donors (Lipinski definition) is 2. The van der Waals surface area contributed by atoms with Crippen molar-refractivity contribution in [2.45, 2.75) is 12.6 Å². The average Bonchev–Trinajstić information content (AvgIpc) is 2.91. The van der Waals surface area contributed by atoms with E-state index in [1.165, 1.54) is 29.8 Å². The molecule has 4 rings (SSSR count). The Bertz CT molecular complexity index is 1180. The summed E-state index contributed by atoms with van der Waals surface area (Å²) in [6.07, 6.45) is 3.47. The van der Waals surface area contributed by atoms with Crippen LogP contribution in [-0.2, 0) is 16.1 Å². The van der Waals surface area contributed by atoms with Gasteiger partial charge in [-0.15, -0.1) is 0 Å². The molecule has 36 heavy (non-hydrogen) atoms. The Morgan fingerprint density at radius 1 is 0.972 bits per heavy atom. The Kier molecular flexibility index (Phi) is 8.32. The highest BCUT2D eigenvalue weighted by Gasteiger charge is 2.27. The van der Waals surface area contributed by atoms with Gasteiger partial charge in [-0.3, -0.25) is 34.5 Å². The lowest BCUT2D eigenvalue weighted by Gasteiger charge is -2.39. The van der Waals surface area contributed by atoms with Crippen molar-refractivity contribution >= 4 is 23.2 Å². The third kappa shape index (κ3) is 6.71. The summed E-state index contributed by atoms with van der Waals surface area (Å²) in [6.45, 7) is 4.50. The van der Waals surface area contributed by atoms with Gasteiger partial charge in [-0.05, 0) is 23.3 Å². The number of rotatable bonds is 8. The molecule has 1 atom stereocenters. The lowest BCUT2D eigenvalue weighted by molar-refractivity contribution is -0.384. The molecule has 1 unspecified atom stereocenters. The minimum Gasteiger partial charge on any atom is -0.346 e. The standard InChI is InChI=1S/C26H28N6O4/c33-25(26(34)29-22-9-4-10-23(16-22)32(35)36)28-18-24(21-8-5-11-27-17-21)31-14-12-30(13-15-31)19-20-6-2-1-3-7-20/h1-11,16-17,24H,12-15,18-19H2,(H,28,33)(H,29,34). The normalized spacial score (nSPS) is 15.1. The Hall–Kier alpha value is -4.15. The van der Waals surface area contributed by atoms with E-state index in [0.717, 1.165) is 38.3 Å². The van der Waals surface area contributed by atoms with Crippen molar-refractivity contribution in [3.8, 4) is 0 Å². The van der Waals surface area contributed by atoms with E-state index in [2.05, 4.69) is 37.6 Å². The maximum atomic E-state index is 12.5. The van der Waals surface area contributed by atoms with Crippen LogP contribution in [-0.4, -0.2) is 64.2 Å². The molecule has 2 amide bonds. The van der Waals surface area contributed by atoms with Gasteiger partial charge in [0.2, 0.25) is 0 Å². The summed E-state index contributed by atoms with van der Waals surface area (Å²) in [6, 6.07) is 19.5. The van der Waals surface area contributed by atoms with Gasteiger partial charge < -0.3 is 10.6 Å². The van der Waals surface area contributed by atoms with E-state index < -0.39 is 16.7 Å². The average molecular weight is 489 g/mol. The second-order valence-corrected chi connectivity index (χ2v) is 8.57. The molecule has 0 aliphatic carbocycles. The molecular formula is C26H28N6O4. The van der Waals surface area contributed by atoms with Crippen molar-refractivity contribution in [1.82, 2.24) is 20.1 Å². The Labute approximate surface area is 209 Å². The van der Waals surface area contributed by atoms with E-state index in [1.54, 1.807) is 12.4 Å². The van der Waals surface area contributed by atoms with Gasteiger partial charge in [-0.2, -0.15) is 0 Å². The zero-order chi connectivity index (χ0) is 25.3. The quantitative estimate of drug-likeness (QED) is 0.284. The van der Waals surface area contributed by atoms with Gasteiger partial charge in [0, 0.05) is 69.5 Å². The molecule has 1 fully saturated rings. The zero-order valence-electron chi connectivity index (χ0n) is 19.7. The summed E-state index contributed by atoms with van der Waals surface area (Å²) in [5.74, 6) is -1.69. The highest BCUT2D eigenvalue weighted by atomic mass is 16.6. The zero-order valence-corrected chi connectivity index (χ0v) is 19.7. The Morgan fingerprint density at radius 2 is 1.75 bits per heavy atom. The van der Waals surface area contributed by atoms with Crippen molar-refractivity contribution in [3.05, 3.63) is 100 Å². The SMILES string of the molecule is O=C(NCC(c1cccnc1)N1CCN(Cc2ccccc2)CC1)C(=O)Nc1cccc([N+](=O)[O-])c1. The third-order valence-corrected chi connectivity index (χ3v) is 6.14. The van der Waals surface area contributed by atoms with Gasteiger partial charge in [0.05, 0.1) is 11.0 Å². The predicted octanol–water partition coefficient (Wildman–Crippen LogP) is 2.60. The van der Waals surface area contributed by atoms with Crippen LogP contribution in [0.5, 0.6) is 0 Å². The lowest BCUT2D eigenvalue weighted by Crippen LogP contribution is -2.50. The van der Waals surface area contributed by atoms with Crippen molar-refractivity contribution in [2.24, 2.45) is 0 Å². The maximum absolute atomic E-state index is 12.5. The van der Waals surface area contributed by atoms with E-state index in [9.17, 15) is 19.7 Å². The highest BCUT2D eigenvalue weighted by Crippen LogP contribution is 2.22. The first-order valence-electron chi connectivity index (χ1n) is 11.7. The van der Waals surface area contributed by atoms with Gasteiger partial charge >= 0.3 is 11.8 Å². The van der Waals surface area contributed by atoms with Crippen molar-refractivity contribution in [2.75, 3.05) is 38.0 Å². The molecule has 10 heteroatoms. The first kappa shape index (κ1) is 25.0. The van der Waals surface area contributed by atoms with Gasteiger partial charge in [-0.1, -0.05) is 42.5 Å². The number of pyridine rings is 1. The van der Waals surface area contributed by atoms with Crippen LogP contribution in [0, 0.1) is 10.1 Å². The predicted molar refractivity (Wildman–Crippen MR) is 135 cm³/mol. The topological polar surface area (TPSA) is 121 Å². The van der Waals surface area contributed by atoms with E-state index in [1.807, 2.05) is 30.3 Å². The molecule has 2 heterocycles. The number of nitrogens with zero attached hydrogens (tertiary/aromatic N) is 4. The number of non-ortho nitro benzene ring substituents is 1.